The van der Waals surface area contributed by atoms with Crippen LogP contribution < -0.4 is 16.1 Å². The molecule has 1 fully saturated rings. The number of fused-ring (bicyclic) bond motifs is 1. The number of hydrazine groups is 1. The van der Waals surface area contributed by atoms with E-state index < -0.39 is 41.3 Å². The number of rotatable bonds is 13. The zero-order valence-corrected chi connectivity index (χ0v) is 33.5. The third-order valence-corrected chi connectivity index (χ3v) is 13.0. The molecule has 2 aliphatic carbocycles. The topological polar surface area (TPSA) is 134 Å². The van der Waals surface area contributed by atoms with E-state index in [0.29, 0.717) is 41.1 Å². The fourth-order valence-corrected chi connectivity index (χ4v) is 9.44. The number of anilines is 1. The number of aliphatic imine (C=N–C) groups is 1. The molecule has 3 aliphatic rings. The lowest BCUT2D eigenvalue weighted by Crippen LogP contribution is -2.72. The van der Waals surface area contributed by atoms with E-state index >= 15 is 4.79 Å². The van der Waals surface area contributed by atoms with Gasteiger partial charge in [-0.25, -0.2) is 14.8 Å². The van der Waals surface area contributed by atoms with Gasteiger partial charge < -0.3 is 10.5 Å². The van der Waals surface area contributed by atoms with Gasteiger partial charge in [-0.3, -0.25) is 24.7 Å². The molecule has 0 aromatic heterocycles. The fourth-order valence-electron chi connectivity index (χ4n) is 6.83. The molecule has 2 unspecified atom stereocenters. The average molecular weight is 780 g/mol. The van der Waals surface area contributed by atoms with Crippen LogP contribution in [0.4, 0.5) is 5.69 Å². The summed E-state index contributed by atoms with van der Waals surface area (Å²) in [5, 5.41) is 5.77. The van der Waals surface area contributed by atoms with Gasteiger partial charge in [-0.05, 0) is 63.8 Å². The highest BCUT2D eigenvalue weighted by molar-refractivity contribution is 8.77. The molecule has 0 radical (unpaired) electrons. The summed E-state index contributed by atoms with van der Waals surface area (Å²) in [5.41, 5.74) is 7.11. The summed E-state index contributed by atoms with van der Waals surface area (Å²) in [6.07, 6.45) is 11.3. The van der Waals surface area contributed by atoms with Crippen molar-refractivity contribution in [2.24, 2.45) is 10.7 Å². The predicted molar refractivity (Wildman–Crippen MR) is 216 cm³/mol. The van der Waals surface area contributed by atoms with Crippen molar-refractivity contribution >= 4 is 68.2 Å². The van der Waals surface area contributed by atoms with Crippen LogP contribution in [0.25, 0.3) is 0 Å². The van der Waals surface area contributed by atoms with E-state index in [0.717, 1.165) is 41.3 Å². The fraction of sp³-hybridized carbons (Fsp3) is 0.475. The number of esters is 1. The van der Waals surface area contributed by atoms with E-state index in [-0.39, 0.29) is 28.7 Å². The number of nitrogens with one attached hydrogen (secondary N) is 1. The van der Waals surface area contributed by atoms with Gasteiger partial charge in [0.25, 0.3) is 5.91 Å². The van der Waals surface area contributed by atoms with E-state index in [4.69, 9.17) is 27.1 Å². The smallest absolute Gasteiger partial charge is 0.349 e. The van der Waals surface area contributed by atoms with Crippen molar-refractivity contribution in [2.45, 2.75) is 108 Å². The number of Topliss-reactive ketones (excluding diaryl/α,β-unsaturated/α-hetero) is 1. The Morgan fingerprint density at radius 2 is 1.83 bits per heavy atom. The second kappa shape index (κ2) is 17.8. The van der Waals surface area contributed by atoms with Gasteiger partial charge >= 0.3 is 5.97 Å². The van der Waals surface area contributed by atoms with Crippen LogP contribution in [0.3, 0.4) is 0 Å². The maximum atomic E-state index is 15.3. The van der Waals surface area contributed by atoms with E-state index in [1.165, 1.54) is 17.7 Å². The molecule has 0 bridgehead atoms. The molecule has 0 spiro atoms. The minimum absolute atomic E-state index is 0.0247. The van der Waals surface area contributed by atoms with Crippen LogP contribution in [-0.4, -0.2) is 75.7 Å². The van der Waals surface area contributed by atoms with Crippen LogP contribution in [0.15, 0.2) is 77.3 Å². The van der Waals surface area contributed by atoms with Crippen LogP contribution in [0.5, 0.6) is 0 Å². The first-order valence-corrected chi connectivity index (χ1v) is 20.9. The second-order valence-corrected chi connectivity index (χ2v) is 18.2. The molecule has 13 heteroatoms. The highest BCUT2D eigenvalue weighted by Gasteiger charge is 2.54. The summed E-state index contributed by atoms with van der Waals surface area (Å²) in [6, 6.07) is 11.3. The summed E-state index contributed by atoms with van der Waals surface area (Å²) < 4.78 is 6.15. The number of allylic oxidation sites excluding steroid dienone is 3. The monoisotopic (exact) mass is 779 g/mol. The number of nitrogens with two attached hydrogens (primary N) is 1. The number of ketones is 1. The summed E-state index contributed by atoms with van der Waals surface area (Å²) >= 11 is 6.63. The molecular weight excluding hydrogens is 730 g/mol. The van der Waals surface area contributed by atoms with Crippen molar-refractivity contribution in [3.8, 4) is 0 Å². The third kappa shape index (κ3) is 9.64. The second-order valence-electron chi connectivity index (χ2n) is 14.6. The number of carbonyl (C=O) groups excluding carboxylic acids is 4. The Morgan fingerprint density at radius 1 is 1.11 bits per heavy atom. The first kappa shape index (κ1) is 40.8. The molecule has 3 N–H and O–H groups in total. The number of ether oxygens (including phenoxy) is 1. The number of hydrogen-bond donors (Lipinski definition) is 2. The SMILES string of the molecule is CN[C@](CC1=CC=CCC1)(C(=O)OC1CCCCC1)N(C(C)=O)N1C(=O)C(C(=O)C(N)CSSC(C)(C)C)N=C(c2ccccc2)c2cc(Cl)ccc21. The molecule has 284 valence electrons. The molecule has 10 nitrogen and oxygen atoms in total. The van der Waals surface area contributed by atoms with Crippen LogP contribution in [-0.2, 0) is 23.9 Å². The summed E-state index contributed by atoms with van der Waals surface area (Å²) in [6.45, 7) is 7.48. The summed E-state index contributed by atoms with van der Waals surface area (Å²) in [4.78, 5) is 63.6. The number of carbonyl (C=O) groups is 4. The molecule has 2 aromatic carbocycles. The van der Waals surface area contributed by atoms with Crippen LogP contribution in [0.1, 0.15) is 90.2 Å². The van der Waals surface area contributed by atoms with Gasteiger partial charge in [0, 0.05) is 40.0 Å². The molecule has 53 heavy (non-hydrogen) atoms. The van der Waals surface area contributed by atoms with Crippen molar-refractivity contribution in [1.29, 1.82) is 0 Å². The number of benzene rings is 2. The minimum atomic E-state index is -1.89. The van der Waals surface area contributed by atoms with Gasteiger partial charge in [-0.1, -0.05) is 115 Å². The van der Waals surface area contributed by atoms with Gasteiger partial charge in [0.15, 0.2) is 11.8 Å². The van der Waals surface area contributed by atoms with Crippen molar-refractivity contribution in [2.75, 3.05) is 17.8 Å². The Labute approximate surface area is 325 Å². The quantitative estimate of drug-likeness (QED) is 0.0938. The molecule has 1 heterocycles. The Hall–Kier alpha value is -3.42. The van der Waals surface area contributed by atoms with E-state index in [1.54, 1.807) is 36.0 Å². The number of nitrogens with zero attached hydrogens (tertiary/aromatic N) is 3. The van der Waals surface area contributed by atoms with Crippen molar-refractivity contribution in [3.63, 3.8) is 0 Å². The highest BCUT2D eigenvalue weighted by Crippen LogP contribution is 2.39. The van der Waals surface area contributed by atoms with Gasteiger partial charge in [0.2, 0.25) is 11.6 Å². The first-order chi connectivity index (χ1) is 25.3. The number of hydrogen-bond acceptors (Lipinski definition) is 10. The van der Waals surface area contributed by atoms with Crippen LogP contribution in [0.2, 0.25) is 5.02 Å². The molecule has 1 saturated carbocycles. The number of amides is 2. The van der Waals surface area contributed by atoms with Crippen molar-refractivity contribution in [3.05, 3.63) is 88.5 Å². The van der Waals surface area contributed by atoms with Gasteiger partial charge in [-0.2, -0.15) is 0 Å². The highest BCUT2D eigenvalue weighted by atomic mass is 35.5. The number of likely N-dealkylation sites (N-methyl/N-ethyl adjacent to an activating group) is 1. The summed E-state index contributed by atoms with van der Waals surface area (Å²) in [7, 11) is 4.61. The lowest BCUT2D eigenvalue weighted by molar-refractivity contribution is -0.174. The zero-order chi connectivity index (χ0) is 38.3. The Bertz CT molecular complexity index is 1770. The molecule has 0 saturated heterocycles. The number of benzodiazepines with no additional fused rings is 1. The van der Waals surface area contributed by atoms with E-state index in [9.17, 15) is 14.4 Å². The molecule has 2 amide bonds. The summed E-state index contributed by atoms with van der Waals surface area (Å²) in [5.74, 6) is -2.53. The van der Waals surface area contributed by atoms with E-state index in [2.05, 4.69) is 26.1 Å². The molecule has 2 aromatic rings. The number of halogens is 1. The largest absolute Gasteiger partial charge is 0.460 e. The first-order valence-electron chi connectivity index (χ1n) is 18.2. The molecule has 3 atom stereocenters. The molecule has 1 aliphatic heterocycles. The van der Waals surface area contributed by atoms with Gasteiger partial charge in [-0.15, -0.1) is 0 Å². The minimum Gasteiger partial charge on any atom is -0.460 e. The van der Waals surface area contributed by atoms with Crippen LogP contribution >= 0.6 is 33.2 Å². The molecular formula is C40H50ClN5O5S2. The van der Waals surface area contributed by atoms with E-state index in [1.807, 2.05) is 48.6 Å². The predicted octanol–water partition coefficient (Wildman–Crippen LogP) is 7.19. The van der Waals surface area contributed by atoms with Crippen molar-refractivity contribution < 1.29 is 23.9 Å². The normalized spacial score (nSPS) is 19.6. The molecule has 5 rings (SSSR count). The van der Waals surface area contributed by atoms with Crippen LogP contribution in [0, 0.1) is 0 Å². The average Bonchev–Trinajstić information content (AvgIpc) is 3.25. The van der Waals surface area contributed by atoms with Crippen molar-refractivity contribution in [1.82, 2.24) is 10.3 Å². The lowest BCUT2D eigenvalue weighted by atomic mass is 9.92. The van der Waals surface area contributed by atoms with Gasteiger partial charge in [0.1, 0.15) is 6.10 Å². The zero-order valence-electron chi connectivity index (χ0n) is 31.1. The third-order valence-electron chi connectivity index (χ3n) is 9.40. The Morgan fingerprint density at radius 3 is 2.45 bits per heavy atom. The standard InChI is InChI=1S/C40H50ClN5O5S2/c1-26(47)46(40(43-5,24-27-15-9-6-10-16-27)38(50)51-30-19-13-8-14-20-30)45-33-22-21-29(41)23-31(33)34(28-17-11-7-12-18-28)44-35(37(45)49)36(48)32(42)25-52-53-39(2,3)4/h6-7,9,11-12,15,17-18,21-23,30,32,35,43H,8,10,13-14,16,19-20,24-25,42H2,1-5H3/t32?,35?,40-/m0/s1. The maximum absolute atomic E-state index is 15.3. The van der Waals surface area contributed by atoms with Gasteiger partial charge in [0.05, 0.1) is 17.4 Å². The Balaban J connectivity index is 1.71. The Kier molecular flexibility index (Phi) is 13.7. The maximum Gasteiger partial charge on any atom is 0.349 e. The lowest BCUT2D eigenvalue weighted by Gasteiger charge is -2.47.